The van der Waals surface area contributed by atoms with Crippen molar-refractivity contribution in [3.8, 4) is 11.1 Å². The van der Waals surface area contributed by atoms with E-state index in [0.717, 1.165) is 0 Å². The summed E-state index contributed by atoms with van der Waals surface area (Å²) in [5.74, 6) is -0.948. The number of carbonyl (C=O) groups excluding carboxylic acids is 2. The van der Waals surface area contributed by atoms with Crippen LogP contribution in [0.3, 0.4) is 0 Å². The third kappa shape index (κ3) is 6.61. The molecule has 0 bridgehead atoms. The molecule has 3 aromatic rings. The lowest BCUT2D eigenvalue weighted by molar-refractivity contribution is -0.161. The summed E-state index contributed by atoms with van der Waals surface area (Å²) < 4.78 is 32.7. The highest BCUT2D eigenvalue weighted by atomic mass is 19.1. The molecule has 0 radical (unpaired) electrons. The van der Waals surface area contributed by atoms with Gasteiger partial charge in [-0.1, -0.05) is 11.3 Å². The van der Waals surface area contributed by atoms with E-state index >= 15 is 4.39 Å². The molecule has 2 aliphatic heterocycles. The summed E-state index contributed by atoms with van der Waals surface area (Å²) in [6.45, 7) is 5.96. The van der Waals surface area contributed by atoms with Crippen molar-refractivity contribution in [1.29, 1.82) is 0 Å². The fraction of sp³-hybridized carbons (Fsp3) is 0.370. The van der Waals surface area contributed by atoms with Gasteiger partial charge in [0, 0.05) is 23.5 Å². The first-order valence-corrected chi connectivity index (χ1v) is 12.7. The SMILES string of the molecule is CC(C)(C)OC(=O)COC[C@@H]1C=C(c2ccc(-c3ccc(N4C[C@H](Cn5ccnn5)OC4=O)cc3F)cn2)NO1. The van der Waals surface area contributed by atoms with Gasteiger partial charge in [-0.15, -0.1) is 5.10 Å². The number of benzene rings is 1. The molecule has 2 aliphatic rings. The molecule has 12 nitrogen and oxygen atoms in total. The zero-order valence-electron chi connectivity index (χ0n) is 22.2. The number of hydroxylamine groups is 1. The van der Waals surface area contributed by atoms with Gasteiger partial charge in [-0.2, -0.15) is 0 Å². The van der Waals surface area contributed by atoms with E-state index in [9.17, 15) is 9.59 Å². The summed E-state index contributed by atoms with van der Waals surface area (Å²) in [7, 11) is 0. The standard InChI is InChI=1S/C27H29FN6O6/c1-27(2,3)39-25(35)16-37-15-19-11-24(31-40-19)23-7-4-17(12-29-23)21-6-5-18(10-22(21)28)34-14-20(38-26(34)36)13-33-9-8-30-32-33/h4-12,19-20,31H,13-16H2,1-3H3/t19-,20-/m0/s1. The van der Waals surface area contributed by atoms with E-state index in [1.807, 2.05) is 0 Å². The molecule has 1 N–H and O–H groups in total. The molecule has 0 spiro atoms. The molecule has 1 saturated heterocycles. The molecule has 1 fully saturated rings. The number of ether oxygens (including phenoxy) is 3. The summed E-state index contributed by atoms with van der Waals surface area (Å²) in [5, 5.41) is 7.62. The van der Waals surface area contributed by atoms with Crippen LogP contribution in [0.2, 0.25) is 0 Å². The first-order valence-electron chi connectivity index (χ1n) is 12.7. The number of nitrogens with one attached hydrogen (secondary N) is 1. The molecule has 0 aliphatic carbocycles. The van der Waals surface area contributed by atoms with Crippen molar-refractivity contribution in [3.63, 3.8) is 0 Å². The molecule has 2 aromatic heterocycles. The number of halogens is 1. The molecule has 0 unspecified atom stereocenters. The predicted molar refractivity (Wildman–Crippen MR) is 140 cm³/mol. The topological polar surface area (TPSA) is 130 Å². The van der Waals surface area contributed by atoms with Gasteiger partial charge >= 0.3 is 12.1 Å². The van der Waals surface area contributed by atoms with E-state index in [1.165, 1.54) is 11.0 Å². The highest BCUT2D eigenvalue weighted by molar-refractivity contribution is 5.90. The van der Waals surface area contributed by atoms with Gasteiger partial charge in [0.25, 0.3) is 0 Å². The van der Waals surface area contributed by atoms with Crippen LogP contribution in [0.25, 0.3) is 16.8 Å². The van der Waals surface area contributed by atoms with Gasteiger partial charge in [0.15, 0.2) is 0 Å². The van der Waals surface area contributed by atoms with Gasteiger partial charge in [0.1, 0.15) is 30.2 Å². The number of anilines is 1. The number of nitrogens with zero attached hydrogens (tertiary/aromatic N) is 5. The zero-order chi connectivity index (χ0) is 28.3. The Morgan fingerprint density at radius 2 is 2.10 bits per heavy atom. The number of amides is 1. The lowest BCUT2D eigenvalue weighted by Gasteiger charge is -2.19. The van der Waals surface area contributed by atoms with Crippen LogP contribution in [0.4, 0.5) is 14.9 Å². The molecule has 4 heterocycles. The number of pyridine rings is 1. The van der Waals surface area contributed by atoms with Crippen LogP contribution >= 0.6 is 0 Å². The number of hydrogen-bond acceptors (Lipinski definition) is 10. The Bertz CT molecular complexity index is 1390. The third-order valence-corrected chi connectivity index (χ3v) is 5.95. The molecule has 1 amide bonds. The molecule has 0 saturated carbocycles. The Morgan fingerprint density at radius 3 is 2.80 bits per heavy atom. The number of cyclic esters (lactones) is 1. The second-order valence-electron chi connectivity index (χ2n) is 10.3. The van der Waals surface area contributed by atoms with E-state index < -0.39 is 35.7 Å². The lowest BCUT2D eigenvalue weighted by Crippen LogP contribution is -2.28. The van der Waals surface area contributed by atoms with Gasteiger partial charge in [-0.3, -0.25) is 20.2 Å². The summed E-state index contributed by atoms with van der Waals surface area (Å²) in [6.07, 6.45) is 5.18. The number of hydrogen-bond donors (Lipinski definition) is 1. The van der Waals surface area contributed by atoms with Gasteiger partial charge in [0.05, 0.1) is 43.0 Å². The minimum Gasteiger partial charge on any atom is -0.458 e. The van der Waals surface area contributed by atoms with Crippen LogP contribution in [-0.4, -0.2) is 69.6 Å². The monoisotopic (exact) mass is 552 g/mol. The fourth-order valence-electron chi connectivity index (χ4n) is 4.23. The van der Waals surface area contributed by atoms with Crippen molar-refractivity contribution >= 4 is 23.4 Å². The summed E-state index contributed by atoms with van der Waals surface area (Å²) in [4.78, 5) is 35.4. The smallest absolute Gasteiger partial charge is 0.414 e. The maximum absolute atomic E-state index is 15.1. The van der Waals surface area contributed by atoms with Gasteiger partial charge in [-0.25, -0.2) is 18.7 Å². The molecule has 40 heavy (non-hydrogen) atoms. The Morgan fingerprint density at radius 1 is 1.25 bits per heavy atom. The van der Waals surface area contributed by atoms with Crippen molar-refractivity contribution in [2.45, 2.75) is 45.1 Å². The normalized spacial score (nSPS) is 18.9. The Kier molecular flexibility index (Phi) is 7.76. The van der Waals surface area contributed by atoms with Crippen LogP contribution < -0.4 is 10.4 Å². The number of esters is 1. The molecular formula is C27H29FN6O6. The van der Waals surface area contributed by atoms with Gasteiger partial charge in [0.2, 0.25) is 0 Å². The summed E-state index contributed by atoms with van der Waals surface area (Å²) >= 11 is 0. The summed E-state index contributed by atoms with van der Waals surface area (Å²) in [5.41, 5.74) is 4.75. The van der Waals surface area contributed by atoms with Crippen molar-refractivity contribution in [2.75, 3.05) is 24.7 Å². The average Bonchev–Trinajstić information content (AvgIpc) is 3.65. The van der Waals surface area contributed by atoms with Gasteiger partial charge in [-0.05, 0) is 51.1 Å². The summed E-state index contributed by atoms with van der Waals surface area (Å²) in [6, 6.07) is 8.06. The van der Waals surface area contributed by atoms with Crippen molar-refractivity contribution in [1.82, 2.24) is 25.5 Å². The second-order valence-corrected chi connectivity index (χ2v) is 10.3. The van der Waals surface area contributed by atoms with Crippen LogP contribution in [0, 0.1) is 5.82 Å². The number of rotatable bonds is 9. The Labute approximate surface area is 229 Å². The number of carbonyl (C=O) groups is 2. The first kappa shape index (κ1) is 27.2. The molecular weight excluding hydrogens is 523 g/mol. The highest BCUT2D eigenvalue weighted by Crippen LogP contribution is 2.30. The van der Waals surface area contributed by atoms with E-state index in [0.29, 0.717) is 34.8 Å². The van der Waals surface area contributed by atoms with Crippen LogP contribution in [-0.2, 0) is 30.4 Å². The lowest BCUT2D eigenvalue weighted by atomic mass is 10.1. The maximum Gasteiger partial charge on any atom is 0.414 e. The van der Waals surface area contributed by atoms with E-state index in [1.54, 1.807) is 74.4 Å². The largest absolute Gasteiger partial charge is 0.458 e. The fourth-order valence-corrected chi connectivity index (χ4v) is 4.23. The quantitative estimate of drug-likeness (QED) is 0.395. The molecule has 1 aromatic carbocycles. The minimum absolute atomic E-state index is 0.150. The van der Waals surface area contributed by atoms with Crippen LogP contribution in [0.15, 0.2) is 55.0 Å². The zero-order valence-corrected chi connectivity index (χ0v) is 22.2. The molecule has 5 rings (SSSR count). The van der Waals surface area contributed by atoms with Crippen LogP contribution in [0.1, 0.15) is 26.5 Å². The minimum atomic E-state index is -0.577. The van der Waals surface area contributed by atoms with E-state index in [2.05, 4.69) is 20.8 Å². The first-order chi connectivity index (χ1) is 19.1. The average molecular weight is 553 g/mol. The predicted octanol–water partition coefficient (Wildman–Crippen LogP) is 3.11. The van der Waals surface area contributed by atoms with Crippen molar-refractivity contribution in [2.24, 2.45) is 0 Å². The van der Waals surface area contributed by atoms with Crippen molar-refractivity contribution in [3.05, 3.63) is 66.5 Å². The van der Waals surface area contributed by atoms with Gasteiger partial charge < -0.3 is 14.2 Å². The Hall–Kier alpha value is -4.36. The Balaban J connectivity index is 1.18. The van der Waals surface area contributed by atoms with E-state index in [-0.39, 0.29) is 19.8 Å². The molecule has 210 valence electrons. The molecule has 2 atom stereocenters. The molecule has 13 heteroatoms. The third-order valence-electron chi connectivity index (χ3n) is 5.95. The maximum atomic E-state index is 15.1. The number of aromatic nitrogens is 4. The van der Waals surface area contributed by atoms with Crippen molar-refractivity contribution < 1.29 is 33.0 Å². The van der Waals surface area contributed by atoms with Crippen LogP contribution in [0.5, 0.6) is 0 Å². The second kappa shape index (κ2) is 11.4. The van der Waals surface area contributed by atoms with E-state index in [4.69, 9.17) is 19.0 Å². The highest BCUT2D eigenvalue weighted by Gasteiger charge is 2.33.